The summed E-state index contributed by atoms with van der Waals surface area (Å²) >= 11 is 0. The second-order valence-corrected chi connectivity index (χ2v) is 3.92. The number of oxime groups is 1. The van der Waals surface area contributed by atoms with E-state index in [-0.39, 0.29) is 11.6 Å². The van der Waals surface area contributed by atoms with Gasteiger partial charge in [-0.15, -0.1) is 0 Å². The van der Waals surface area contributed by atoms with E-state index in [9.17, 15) is 4.79 Å². The molecule has 0 radical (unpaired) electrons. The topological polar surface area (TPSA) is 61.7 Å². The van der Waals surface area contributed by atoms with Crippen molar-refractivity contribution in [2.45, 2.75) is 20.8 Å². The lowest BCUT2D eigenvalue weighted by Crippen LogP contribution is -2.48. The third-order valence-corrected chi connectivity index (χ3v) is 2.94. The molecule has 0 bridgehead atoms. The molecule has 0 aliphatic rings. The molecule has 88 valence electrons. The standard InChI is InChI=1S/C10H21N3O2/c1-5-13(4,6-2)8-7-11-10(14)9(3)12-15/h5-8H2,1-4H3,(H-,11,14,15)/p+1. The normalized spacial score (nSPS) is 12.7. The van der Waals surface area contributed by atoms with Gasteiger partial charge in [0.25, 0.3) is 5.91 Å². The van der Waals surface area contributed by atoms with Gasteiger partial charge in [0.2, 0.25) is 0 Å². The van der Waals surface area contributed by atoms with Crippen LogP contribution in [0.1, 0.15) is 20.8 Å². The average molecular weight is 216 g/mol. The number of quaternary nitrogens is 1. The summed E-state index contributed by atoms with van der Waals surface area (Å²) in [6.07, 6.45) is 0. The highest BCUT2D eigenvalue weighted by atomic mass is 16.4. The van der Waals surface area contributed by atoms with E-state index in [0.29, 0.717) is 6.54 Å². The first kappa shape index (κ1) is 13.9. The predicted octanol–water partition coefficient (Wildman–Crippen LogP) is 0.439. The van der Waals surface area contributed by atoms with E-state index < -0.39 is 0 Å². The number of carbonyl (C=O) groups is 1. The van der Waals surface area contributed by atoms with Crippen LogP contribution in [0.4, 0.5) is 0 Å². The Bertz CT molecular complexity index is 235. The van der Waals surface area contributed by atoms with Crippen molar-refractivity contribution in [1.82, 2.24) is 5.32 Å². The van der Waals surface area contributed by atoms with Gasteiger partial charge in [-0.25, -0.2) is 0 Å². The summed E-state index contributed by atoms with van der Waals surface area (Å²) in [6.45, 7) is 9.31. The smallest absolute Gasteiger partial charge is 0.268 e. The SMILES string of the molecule is CC[N+](C)(CC)CCNC(=O)/C(C)=N/O. The molecule has 0 atom stereocenters. The van der Waals surface area contributed by atoms with Crippen LogP contribution in [0.5, 0.6) is 0 Å². The molecule has 0 aromatic carbocycles. The molecule has 0 heterocycles. The molecule has 0 aromatic rings. The quantitative estimate of drug-likeness (QED) is 0.293. The molecule has 0 aliphatic carbocycles. The molecule has 0 rings (SSSR count). The number of nitrogens with zero attached hydrogens (tertiary/aromatic N) is 2. The number of nitrogens with one attached hydrogen (secondary N) is 1. The summed E-state index contributed by atoms with van der Waals surface area (Å²) in [6, 6.07) is 0. The minimum atomic E-state index is -0.309. The van der Waals surface area contributed by atoms with Gasteiger partial charge in [0, 0.05) is 0 Å². The zero-order valence-electron chi connectivity index (χ0n) is 10.1. The molecule has 0 spiro atoms. The summed E-state index contributed by atoms with van der Waals surface area (Å²) in [4.78, 5) is 11.2. The fourth-order valence-corrected chi connectivity index (χ4v) is 1.15. The monoisotopic (exact) mass is 216 g/mol. The van der Waals surface area contributed by atoms with Crippen molar-refractivity contribution in [3.8, 4) is 0 Å². The van der Waals surface area contributed by atoms with Crippen molar-refractivity contribution in [2.24, 2.45) is 5.16 Å². The molecule has 0 fully saturated rings. The van der Waals surface area contributed by atoms with E-state index in [1.54, 1.807) is 0 Å². The minimum absolute atomic E-state index is 0.0946. The van der Waals surface area contributed by atoms with E-state index in [4.69, 9.17) is 5.21 Å². The first-order valence-corrected chi connectivity index (χ1v) is 5.29. The van der Waals surface area contributed by atoms with Crippen molar-refractivity contribution < 1.29 is 14.5 Å². The van der Waals surface area contributed by atoms with Gasteiger partial charge in [-0.3, -0.25) is 4.79 Å². The van der Waals surface area contributed by atoms with Crippen molar-refractivity contribution in [2.75, 3.05) is 33.2 Å². The predicted molar refractivity (Wildman–Crippen MR) is 60.0 cm³/mol. The molecular weight excluding hydrogens is 194 g/mol. The van der Waals surface area contributed by atoms with Crippen LogP contribution in [0.3, 0.4) is 0 Å². The van der Waals surface area contributed by atoms with Crippen molar-refractivity contribution in [1.29, 1.82) is 0 Å². The molecule has 0 unspecified atom stereocenters. The molecule has 0 saturated carbocycles. The zero-order valence-corrected chi connectivity index (χ0v) is 10.1. The summed E-state index contributed by atoms with van der Waals surface area (Å²) in [5, 5.41) is 13.9. The Kier molecular flexibility index (Phi) is 5.93. The fraction of sp³-hybridized carbons (Fsp3) is 0.800. The van der Waals surface area contributed by atoms with Gasteiger partial charge in [0.15, 0.2) is 0 Å². The second kappa shape index (κ2) is 6.40. The van der Waals surface area contributed by atoms with E-state index in [1.165, 1.54) is 6.92 Å². The van der Waals surface area contributed by atoms with Crippen LogP contribution in [0.15, 0.2) is 5.16 Å². The van der Waals surface area contributed by atoms with Crippen LogP contribution in [0.25, 0.3) is 0 Å². The van der Waals surface area contributed by atoms with Crippen LogP contribution in [0, 0.1) is 0 Å². The zero-order chi connectivity index (χ0) is 11.9. The highest BCUT2D eigenvalue weighted by molar-refractivity contribution is 6.37. The number of carbonyl (C=O) groups excluding carboxylic acids is 1. The molecular formula is C10H22N3O2+. The Morgan fingerprint density at radius 3 is 2.33 bits per heavy atom. The maximum absolute atomic E-state index is 11.2. The summed E-state index contributed by atoms with van der Waals surface area (Å²) < 4.78 is 0.926. The molecule has 2 N–H and O–H groups in total. The Balaban J connectivity index is 3.94. The number of likely N-dealkylation sites (N-methyl/N-ethyl adjacent to an activating group) is 1. The molecule has 0 saturated heterocycles. The van der Waals surface area contributed by atoms with Gasteiger partial charge >= 0.3 is 0 Å². The van der Waals surface area contributed by atoms with E-state index in [0.717, 1.165) is 24.1 Å². The summed E-state index contributed by atoms with van der Waals surface area (Å²) in [5.41, 5.74) is 0.0946. The molecule has 0 aromatic heterocycles. The van der Waals surface area contributed by atoms with Crippen LogP contribution in [-0.4, -0.2) is 54.5 Å². The van der Waals surface area contributed by atoms with Gasteiger partial charge in [0.05, 0.1) is 33.2 Å². The third kappa shape index (κ3) is 4.78. The Morgan fingerprint density at radius 2 is 1.93 bits per heavy atom. The molecule has 0 aliphatic heterocycles. The van der Waals surface area contributed by atoms with E-state index in [1.807, 2.05) is 0 Å². The molecule has 1 amide bonds. The Morgan fingerprint density at radius 1 is 1.40 bits per heavy atom. The van der Waals surface area contributed by atoms with Crippen molar-refractivity contribution in [3.05, 3.63) is 0 Å². The fourth-order valence-electron chi connectivity index (χ4n) is 1.15. The summed E-state index contributed by atoms with van der Waals surface area (Å²) in [5.74, 6) is -0.309. The van der Waals surface area contributed by atoms with Crippen LogP contribution < -0.4 is 5.32 Å². The molecule has 15 heavy (non-hydrogen) atoms. The van der Waals surface area contributed by atoms with Gasteiger partial charge < -0.3 is 15.0 Å². The minimum Gasteiger partial charge on any atom is -0.410 e. The van der Waals surface area contributed by atoms with Crippen molar-refractivity contribution >= 4 is 11.6 Å². The molecule has 5 heteroatoms. The van der Waals surface area contributed by atoms with Crippen molar-refractivity contribution in [3.63, 3.8) is 0 Å². The first-order chi connectivity index (χ1) is 6.99. The number of hydrogen-bond acceptors (Lipinski definition) is 3. The number of rotatable bonds is 6. The lowest BCUT2D eigenvalue weighted by molar-refractivity contribution is -0.904. The number of amides is 1. The van der Waals surface area contributed by atoms with Crippen LogP contribution in [0.2, 0.25) is 0 Å². The maximum Gasteiger partial charge on any atom is 0.268 e. The van der Waals surface area contributed by atoms with Gasteiger partial charge in [-0.2, -0.15) is 0 Å². The Hall–Kier alpha value is -1.10. The van der Waals surface area contributed by atoms with E-state index in [2.05, 4.69) is 31.4 Å². The lowest BCUT2D eigenvalue weighted by atomic mass is 10.3. The average Bonchev–Trinajstić information content (AvgIpc) is 2.27. The maximum atomic E-state index is 11.2. The first-order valence-electron chi connectivity index (χ1n) is 5.29. The molecule has 5 nitrogen and oxygen atoms in total. The lowest BCUT2D eigenvalue weighted by Gasteiger charge is -2.32. The Labute approximate surface area is 91.3 Å². The number of hydrogen-bond donors (Lipinski definition) is 2. The largest absolute Gasteiger partial charge is 0.410 e. The highest BCUT2D eigenvalue weighted by Crippen LogP contribution is 1.98. The van der Waals surface area contributed by atoms with Gasteiger partial charge in [-0.1, -0.05) is 5.16 Å². The summed E-state index contributed by atoms with van der Waals surface area (Å²) in [7, 11) is 2.15. The van der Waals surface area contributed by atoms with E-state index >= 15 is 0 Å². The second-order valence-electron chi connectivity index (χ2n) is 3.92. The van der Waals surface area contributed by atoms with Crippen LogP contribution in [-0.2, 0) is 4.79 Å². The van der Waals surface area contributed by atoms with Crippen LogP contribution >= 0.6 is 0 Å². The third-order valence-electron chi connectivity index (χ3n) is 2.94. The van der Waals surface area contributed by atoms with Gasteiger partial charge in [-0.05, 0) is 20.8 Å². The highest BCUT2D eigenvalue weighted by Gasteiger charge is 2.16. The van der Waals surface area contributed by atoms with Gasteiger partial charge in [0.1, 0.15) is 5.71 Å².